The molecule has 0 amide bonds. The lowest BCUT2D eigenvalue weighted by molar-refractivity contribution is -0.164. The van der Waals surface area contributed by atoms with Crippen molar-refractivity contribution in [1.29, 1.82) is 0 Å². The minimum Gasteiger partial charge on any atom is -0.390 e. The van der Waals surface area contributed by atoms with Crippen molar-refractivity contribution in [3.63, 3.8) is 0 Å². The van der Waals surface area contributed by atoms with Gasteiger partial charge in [0.05, 0.1) is 12.2 Å². The van der Waals surface area contributed by atoms with Crippen molar-refractivity contribution in [3.05, 3.63) is 71.3 Å². The smallest absolute Gasteiger partial charge is 0.123 e. The van der Waals surface area contributed by atoms with Gasteiger partial charge in [-0.05, 0) is 73.9 Å². The van der Waals surface area contributed by atoms with Crippen LogP contribution in [0.5, 0.6) is 0 Å². The van der Waals surface area contributed by atoms with Gasteiger partial charge in [0.15, 0.2) is 0 Å². The Bertz CT molecular complexity index is 723. The number of aliphatic hydroxyl groups excluding tert-OH is 2. The van der Waals surface area contributed by atoms with Crippen LogP contribution in [0.25, 0.3) is 0 Å². The number of hydrogen-bond acceptors (Lipinski definition) is 2. The molecule has 2 aliphatic carbocycles. The number of hydrogen-bond donors (Lipinski definition) is 2. The fourth-order valence-electron chi connectivity index (χ4n) is 5.10. The second-order valence-corrected chi connectivity index (χ2v) is 8.93. The molecule has 2 nitrogen and oxygen atoms in total. The molecule has 4 heteroatoms. The third-order valence-electron chi connectivity index (χ3n) is 7.19. The van der Waals surface area contributed by atoms with Gasteiger partial charge in [-0.15, -0.1) is 0 Å². The molecule has 2 aliphatic rings. The molecule has 0 bridgehead atoms. The van der Waals surface area contributed by atoms with E-state index in [4.69, 9.17) is 0 Å². The summed E-state index contributed by atoms with van der Waals surface area (Å²) in [5.41, 5.74) is 1.30. The van der Waals surface area contributed by atoms with E-state index in [0.717, 1.165) is 49.7 Å². The molecule has 2 fully saturated rings. The Morgan fingerprint density at radius 2 is 0.964 bits per heavy atom. The quantitative estimate of drug-likeness (QED) is 0.717. The van der Waals surface area contributed by atoms with E-state index in [1.54, 1.807) is 24.3 Å². The monoisotopic (exact) mass is 386 g/mol. The maximum absolute atomic E-state index is 13.2. The first kappa shape index (κ1) is 19.5. The first-order valence-corrected chi connectivity index (χ1v) is 10.3. The molecule has 4 rings (SSSR count). The fourth-order valence-corrected chi connectivity index (χ4v) is 5.10. The second kappa shape index (κ2) is 7.57. The Hall–Kier alpha value is -1.78. The lowest BCUT2D eigenvalue weighted by Gasteiger charge is -2.54. The Morgan fingerprint density at radius 1 is 0.643 bits per heavy atom. The molecular formula is C24H28F2O2. The number of halogens is 2. The molecule has 0 aliphatic heterocycles. The summed E-state index contributed by atoms with van der Waals surface area (Å²) in [5, 5.41) is 22.5. The van der Waals surface area contributed by atoms with Gasteiger partial charge in [-0.2, -0.15) is 0 Å². The fraction of sp³-hybridized carbons (Fsp3) is 0.500. The highest BCUT2D eigenvalue weighted by atomic mass is 19.1. The van der Waals surface area contributed by atoms with Crippen molar-refractivity contribution >= 4 is 0 Å². The van der Waals surface area contributed by atoms with Gasteiger partial charge in [-0.3, -0.25) is 0 Å². The SMILES string of the molecule is OC(C(O)C1(Cc2ccc(F)cc2)CCC1)C1(Cc2ccc(F)cc2)CCC1. The minimum absolute atomic E-state index is 0.264. The van der Waals surface area contributed by atoms with Crippen LogP contribution in [0, 0.1) is 22.5 Å². The van der Waals surface area contributed by atoms with Crippen molar-refractivity contribution in [1.82, 2.24) is 0 Å². The number of aliphatic hydroxyl groups is 2. The molecular weight excluding hydrogens is 358 g/mol. The molecule has 150 valence electrons. The van der Waals surface area contributed by atoms with Crippen LogP contribution in [0.1, 0.15) is 49.7 Å². The van der Waals surface area contributed by atoms with Crippen molar-refractivity contribution in [3.8, 4) is 0 Å². The van der Waals surface area contributed by atoms with E-state index in [2.05, 4.69) is 0 Å². The van der Waals surface area contributed by atoms with Crippen molar-refractivity contribution in [2.24, 2.45) is 10.8 Å². The zero-order chi connectivity index (χ0) is 19.8. The lowest BCUT2D eigenvalue weighted by Crippen LogP contribution is -2.57. The molecule has 2 aromatic rings. The van der Waals surface area contributed by atoms with Crippen molar-refractivity contribution in [2.45, 2.75) is 63.6 Å². The van der Waals surface area contributed by atoms with Gasteiger partial charge < -0.3 is 10.2 Å². The van der Waals surface area contributed by atoms with Crippen LogP contribution in [0.2, 0.25) is 0 Å². The second-order valence-electron chi connectivity index (χ2n) is 8.93. The summed E-state index contributed by atoms with van der Waals surface area (Å²) in [6, 6.07) is 12.9. The zero-order valence-corrected chi connectivity index (χ0v) is 16.1. The summed E-state index contributed by atoms with van der Waals surface area (Å²) in [6.45, 7) is 0. The predicted molar refractivity (Wildman–Crippen MR) is 105 cm³/mol. The minimum atomic E-state index is -0.813. The van der Waals surface area contributed by atoms with E-state index in [9.17, 15) is 19.0 Å². The van der Waals surface area contributed by atoms with Gasteiger partial charge >= 0.3 is 0 Å². The molecule has 2 N–H and O–H groups in total. The van der Waals surface area contributed by atoms with Crippen LogP contribution in [0.4, 0.5) is 8.78 Å². The van der Waals surface area contributed by atoms with Gasteiger partial charge in [0.25, 0.3) is 0 Å². The molecule has 2 saturated carbocycles. The number of rotatable bonds is 7. The van der Waals surface area contributed by atoms with Gasteiger partial charge in [-0.25, -0.2) is 8.78 Å². The molecule has 28 heavy (non-hydrogen) atoms. The average Bonchev–Trinajstić information content (AvgIpc) is 2.63. The molecule has 0 aromatic heterocycles. The van der Waals surface area contributed by atoms with Crippen LogP contribution in [-0.2, 0) is 12.8 Å². The highest BCUT2D eigenvalue weighted by Gasteiger charge is 2.54. The lowest BCUT2D eigenvalue weighted by atomic mass is 9.54. The first-order chi connectivity index (χ1) is 13.4. The third kappa shape index (κ3) is 3.60. The van der Waals surface area contributed by atoms with E-state index in [-0.39, 0.29) is 22.5 Å². The highest BCUT2D eigenvalue weighted by molar-refractivity contribution is 5.22. The van der Waals surface area contributed by atoms with E-state index < -0.39 is 12.2 Å². The van der Waals surface area contributed by atoms with Crippen LogP contribution in [0.3, 0.4) is 0 Å². The number of benzene rings is 2. The maximum Gasteiger partial charge on any atom is 0.123 e. The molecule has 2 atom stereocenters. The summed E-state index contributed by atoms with van der Waals surface area (Å²) in [4.78, 5) is 0. The van der Waals surface area contributed by atoms with Gasteiger partial charge in [0, 0.05) is 10.8 Å². The summed E-state index contributed by atoms with van der Waals surface area (Å²) >= 11 is 0. The van der Waals surface area contributed by atoms with Crippen molar-refractivity contribution in [2.75, 3.05) is 0 Å². The van der Waals surface area contributed by atoms with E-state index in [0.29, 0.717) is 12.8 Å². The molecule has 0 heterocycles. The normalized spacial score (nSPS) is 22.0. The first-order valence-electron chi connectivity index (χ1n) is 10.3. The van der Waals surface area contributed by atoms with E-state index >= 15 is 0 Å². The Kier molecular flexibility index (Phi) is 5.28. The van der Waals surface area contributed by atoms with Gasteiger partial charge in [0.2, 0.25) is 0 Å². The van der Waals surface area contributed by atoms with E-state index in [1.807, 2.05) is 0 Å². The molecule has 0 saturated heterocycles. The zero-order valence-electron chi connectivity index (χ0n) is 16.1. The summed E-state index contributed by atoms with van der Waals surface area (Å²) in [7, 11) is 0. The molecule has 2 aromatic carbocycles. The molecule has 0 radical (unpaired) electrons. The molecule has 0 spiro atoms. The van der Waals surface area contributed by atoms with Crippen LogP contribution >= 0.6 is 0 Å². The van der Waals surface area contributed by atoms with Crippen LogP contribution in [0.15, 0.2) is 48.5 Å². The average molecular weight is 386 g/mol. The van der Waals surface area contributed by atoms with Gasteiger partial charge in [-0.1, -0.05) is 37.1 Å². The largest absolute Gasteiger partial charge is 0.390 e. The Morgan fingerprint density at radius 3 is 1.21 bits per heavy atom. The Labute approximate surface area is 165 Å². The summed E-state index contributed by atoms with van der Waals surface area (Å²) in [5.74, 6) is -0.528. The predicted octanol–water partition coefficient (Wildman–Crippen LogP) is 4.81. The van der Waals surface area contributed by atoms with Gasteiger partial charge in [0.1, 0.15) is 11.6 Å². The van der Waals surface area contributed by atoms with Crippen LogP contribution < -0.4 is 0 Å². The summed E-state index contributed by atoms with van der Waals surface area (Å²) in [6.07, 6.45) is 5.23. The molecule has 2 unspecified atom stereocenters. The third-order valence-corrected chi connectivity index (χ3v) is 7.19. The van der Waals surface area contributed by atoms with Crippen LogP contribution in [-0.4, -0.2) is 22.4 Å². The Balaban J connectivity index is 1.52. The van der Waals surface area contributed by atoms with Crippen molar-refractivity contribution < 1.29 is 19.0 Å². The maximum atomic E-state index is 13.2. The standard InChI is InChI=1S/C24H28F2O2/c25-19-7-3-17(4-8-19)15-23(11-1-12-23)21(27)22(28)24(13-2-14-24)16-18-5-9-20(26)10-6-18/h3-10,21-22,27-28H,1-2,11-16H2. The topological polar surface area (TPSA) is 40.5 Å². The van der Waals surface area contributed by atoms with E-state index in [1.165, 1.54) is 24.3 Å². The summed E-state index contributed by atoms with van der Waals surface area (Å²) < 4.78 is 26.5. The highest BCUT2D eigenvalue weighted by Crippen LogP contribution is 2.54.